The number of hydrogen-bond acceptors (Lipinski definition) is 6. The van der Waals surface area contributed by atoms with Crippen LogP contribution in [0.3, 0.4) is 0 Å². The van der Waals surface area contributed by atoms with E-state index in [1.54, 1.807) is 6.08 Å². The third-order valence-corrected chi connectivity index (χ3v) is 11.5. The number of benzene rings is 3. The number of fused-ring (bicyclic) bond motifs is 2. The summed E-state index contributed by atoms with van der Waals surface area (Å²) in [6.07, 6.45) is 3.74. The topological polar surface area (TPSA) is 133 Å². The second-order valence-electron chi connectivity index (χ2n) is 10.1. The Bertz CT molecular complexity index is 1470. The molecule has 1 saturated heterocycles. The Hall–Kier alpha value is -3.82. The van der Waals surface area contributed by atoms with E-state index in [1.165, 1.54) is 15.9 Å². The van der Waals surface area contributed by atoms with Gasteiger partial charge >= 0.3 is 6.03 Å². The zero-order valence-corrected chi connectivity index (χ0v) is 25.3. The van der Waals surface area contributed by atoms with Gasteiger partial charge in [-0.3, -0.25) is 4.79 Å². The summed E-state index contributed by atoms with van der Waals surface area (Å²) in [5.74, 6) is 1.62. The molecule has 0 spiro atoms. The van der Waals surface area contributed by atoms with Crippen molar-refractivity contribution in [2.24, 2.45) is 11.7 Å². The van der Waals surface area contributed by atoms with E-state index >= 15 is 0 Å². The average molecular weight is 608 g/mol. The number of primary amides is 1. The highest BCUT2D eigenvalue weighted by Crippen LogP contribution is 2.56. The molecule has 2 bridgehead atoms. The van der Waals surface area contributed by atoms with Crippen molar-refractivity contribution < 1.29 is 26.8 Å². The molecule has 0 aromatic heterocycles. The number of nitrogens with zero attached hydrogens (tertiary/aromatic N) is 2. The molecule has 5 rings (SSSR count). The molecule has 0 saturated carbocycles. The molecule has 2 N–H and O–H groups in total. The molecule has 3 aromatic rings. The Labute approximate surface area is 247 Å². The Morgan fingerprint density at radius 3 is 1.76 bits per heavy atom. The highest BCUT2D eigenvalue weighted by molar-refractivity contribution is 7.98. The smallest absolute Gasteiger partial charge is 0.346 e. The molecule has 2 atom stereocenters. The fraction of sp³-hybridized carbons (Fsp3) is 0.226. The van der Waals surface area contributed by atoms with Gasteiger partial charge in [0.2, 0.25) is 16.3 Å². The largest absolute Gasteiger partial charge is 0.724 e. The molecule has 0 unspecified atom stereocenters. The van der Waals surface area contributed by atoms with E-state index in [0.29, 0.717) is 10.6 Å². The number of urea groups is 1. The zero-order valence-electron chi connectivity index (χ0n) is 23.6. The minimum absolute atomic E-state index is 0.0399. The number of hydroxylamine groups is 2. The van der Waals surface area contributed by atoms with E-state index in [0.717, 1.165) is 4.90 Å². The van der Waals surface area contributed by atoms with Crippen molar-refractivity contribution in [3.8, 4) is 0 Å². The highest BCUT2D eigenvalue weighted by Gasteiger charge is 2.49. The number of rotatable bonds is 8. The molecule has 42 heavy (non-hydrogen) atoms. The molecular weight excluding hydrogens is 573 g/mol. The normalized spacial score (nSPS) is 18.6. The van der Waals surface area contributed by atoms with Crippen LogP contribution in [0, 0.1) is 5.92 Å². The van der Waals surface area contributed by atoms with Crippen LogP contribution in [0.25, 0.3) is 0 Å². The maximum atomic E-state index is 12.0. The van der Waals surface area contributed by atoms with Crippen LogP contribution >= 0.6 is 7.26 Å². The minimum atomic E-state index is -5.07. The summed E-state index contributed by atoms with van der Waals surface area (Å²) in [5.41, 5.74) is 5.90. The minimum Gasteiger partial charge on any atom is -0.724 e. The Morgan fingerprint density at radius 2 is 1.40 bits per heavy atom. The van der Waals surface area contributed by atoms with Crippen molar-refractivity contribution in [2.45, 2.75) is 32.9 Å². The summed E-state index contributed by atoms with van der Waals surface area (Å²) in [6.45, 7) is 5.78. The molecule has 3 amide bonds. The monoisotopic (exact) mass is 607 g/mol. The fourth-order valence-corrected chi connectivity index (χ4v) is 9.54. The van der Waals surface area contributed by atoms with Crippen molar-refractivity contribution >= 4 is 45.5 Å². The van der Waals surface area contributed by atoms with Crippen molar-refractivity contribution in [1.29, 1.82) is 0 Å². The van der Waals surface area contributed by atoms with Crippen LogP contribution in [-0.2, 0) is 19.5 Å². The number of carbonyl (C=O) groups excluding carboxylic acids is 2. The van der Waals surface area contributed by atoms with E-state index in [4.69, 9.17) is 5.73 Å². The van der Waals surface area contributed by atoms with Crippen molar-refractivity contribution in [1.82, 2.24) is 9.96 Å². The second kappa shape index (κ2) is 13.0. The lowest BCUT2D eigenvalue weighted by Gasteiger charge is -2.31. The zero-order chi connectivity index (χ0) is 30.5. The quantitative estimate of drug-likeness (QED) is 0.181. The van der Waals surface area contributed by atoms with Crippen LogP contribution < -0.4 is 21.6 Å². The molecule has 1 fully saturated rings. The first-order valence-electron chi connectivity index (χ1n) is 13.4. The molecule has 3 aromatic carbocycles. The molecule has 2 heterocycles. The molecular formula is C31H34N3O6PS. The molecule has 0 aliphatic carbocycles. The van der Waals surface area contributed by atoms with Crippen molar-refractivity contribution in [2.75, 3.05) is 6.54 Å². The van der Waals surface area contributed by atoms with E-state index in [9.17, 15) is 22.6 Å². The number of nitrogens with two attached hydrogens (primary N) is 1. The maximum Gasteiger partial charge on any atom is 0.346 e. The van der Waals surface area contributed by atoms with Gasteiger partial charge in [-0.15, -0.1) is 0 Å². The summed E-state index contributed by atoms with van der Waals surface area (Å²) in [5, 5.41) is 4.65. The van der Waals surface area contributed by atoms with Gasteiger partial charge in [0, 0.05) is 0 Å². The third kappa shape index (κ3) is 6.47. The lowest BCUT2D eigenvalue weighted by Crippen LogP contribution is -2.49. The van der Waals surface area contributed by atoms with Gasteiger partial charge in [-0.25, -0.2) is 13.2 Å². The van der Waals surface area contributed by atoms with Gasteiger partial charge in [-0.2, -0.15) is 9.35 Å². The third-order valence-electron chi connectivity index (χ3n) is 7.10. The van der Waals surface area contributed by atoms with E-state index < -0.39 is 41.7 Å². The number of carbonyl (C=O) groups is 2. The predicted molar refractivity (Wildman–Crippen MR) is 164 cm³/mol. The Balaban J connectivity index is 0.000000194. The van der Waals surface area contributed by atoms with E-state index in [-0.39, 0.29) is 12.5 Å². The van der Waals surface area contributed by atoms with Crippen LogP contribution in [-0.4, -0.2) is 53.5 Å². The molecule has 2 aliphatic rings. The van der Waals surface area contributed by atoms with Crippen molar-refractivity contribution in [3.63, 3.8) is 0 Å². The molecule has 9 nitrogen and oxygen atoms in total. The summed E-state index contributed by atoms with van der Waals surface area (Å²) >= 11 is 0. The Morgan fingerprint density at radius 1 is 0.952 bits per heavy atom. The van der Waals surface area contributed by atoms with Gasteiger partial charge < -0.3 is 15.2 Å². The van der Waals surface area contributed by atoms with Gasteiger partial charge in [0.25, 0.3) is 0 Å². The van der Waals surface area contributed by atoms with Gasteiger partial charge in [0.15, 0.2) is 0 Å². The standard InChI is InChI=1S/C21H20P.C10H15N3O6S/c1-2-18-22(19-12-6-3-7-13-19,20-14-8-4-9-15-20)21-16-10-5-11-17-21;1-5(2)7-3-6-4-12(8(7)9(11)14)10(15)13(6)19-20(16,17)18/h2-18H,1H3;3,5-6,8H,4H2,1-2H3,(H2,11,14)(H,16,17,18)/q+1;/p-1/b18-2+;/t;6-,8+/m.1/s1. The van der Waals surface area contributed by atoms with Crippen LogP contribution in [0.2, 0.25) is 0 Å². The van der Waals surface area contributed by atoms with Gasteiger partial charge in [0.05, 0.1) is 18.4 Å². The lowest BCUT2D eigenvalue weighted by atomic mass is 9.90. The summed E-state index contributed by atoms with van der Waals surface area (Å²) in [7, 11) is -6.81. The van der Waals surface area contributed by atoms with E-state index in [2.05, 4.69) is 114 Å². The summed E-state index contributed by atoms with van der Waals surface area (Å²) in [6, 6.07) is 30.1. The summed E-state index contributed by atoms with van der Waals surface area (Å²) in [4.78, 5) is 24.7. The molecule has 220 valence electrons. The number of amides is 3. The molecule has 0 radical (unpaired) electrons. The lowest BCUT2D eigenvalue weighted by molar-refractivity contribution is -0.121. The SMILES string of the molecule is C/C=C/[P+](c1ccccc1)(c1ccccc1)c1ccccc1.CC(C)C1=C[C@@H]2CN(C(=O)N2OS(=O)(=O)[O-])[C@@H]1C(N)=O. The van der Waals surface area contributed by atoms with Crippen molar-refractivity contribution in [3.05, 3.63) is 115 Å². The van der Waals surface area contributed by atoms with Crippen LogP contribution in [0.1, 0.15) is 20.8 Å². The highest BCUT2D eigenvalue weighted by atomic mass is 32.3. The average Bonchev–Trinajstić information content (AvgIpc) is 3.20. The fourth-order valence-electron chi connectivity index (χ4n) is 5.38. The van der Waals surface area contributed by atoms with Crippen LogP contribution in [0.15, 0.2) is 115 Å². The number of hydrogen-bond donors (Lipinski definition) is 1. The molecule has 2 aliphatic heterocycles. The summed E-state index contributed by atoms with van der Waals surface area (Å²) < 4.78 is 36.1. The Kier molecular flexibility index (Phi) is 9.64. The van der Waals surface area contributed by atoms with Crippen LogP contribution in [0.4, 0.5) is 4.79 Å². The maximum absolute atomic E-state index is 12.0. The first-order chi connectivity index (χ1) is 20.0. The first kappa shape index (κ1) is 31.1. The van der Waals surface area contributed by atoms with Gasteiger partial charge in [0.1, 0.15) is 29.2 Å². The van der Waals surface area contributed by atoms with E-state index in [1.807, 2.05) is 13.8 Å². The molecule has 11 heteroatoms. The van der Waals surface area contributed by atoms with Gasteiger partial charge in [-0.05, 0) is 54.8 Å². The van der Waals surface area contributed by atoms with Gasteiger partial charge in [-0.1, -0.05) is 80.6 Å². The van der Waals surface area contributed by atoms with Crippen LogP contribution in [0.5, 0.6) is 0 Å². The predicted octanol–water partition coefficient (Wildman–Crippen LogP) is 3.45. The first-order valence-corrected chi connectivity index (χ1v) is 16.6. The number of allylic oxidation sites excluding steroid dienone is 1. The second-order valence-corrected chi connectivity index (χ2v) is 14.4.